The minimum atomic E-state index is 0. The Labute approximate surface area is 118 Å². The Morgan fingerprint density at radius 2 is 0.500 bits per heavy atom. The van der Waals surface area contributed by atoms with Crippen molar-refractivity contribution >= 4 is 118 Å². The SMILES string of the molecule is [HH].[HH].[NaH].[NaH].[NaH].[NaH]. The van der Waals surface area contributed by atoms with Crippen LogP contribution in [0.15, 0.2) is 0 Å². The molecular formula is H8Na4. The monoisotopic (exact) mass is 100 g/mol. The van der Waals surface area contributed by atoms with Crippen LogP contribution in [0.3, 0.4) is 0 Å². The van der Waals surface area contributed by atoms with Crippen molar-refractivity contribution in [3.63, 3.8) is 0 Å². The van der Waals surface area contributed by atoms with E-state index < -0.39 is 0 Å². The summed E-state index contributed by atoms with van der Waals surface area (Å²) in [6, 6.07) is 0. The maximum absolute atomic E-state index is 0. The van der Waals surface area contributed by atoms with E-state index in [-0.39, 0.29) is 121 Å². The van der Waals surface area contributed by atoms with Crippen molar-refractivity contribution in [2.75, 3.05) is 0 Å². The van der Waals surface area contributed by atoms with E-state index >= 15 is 0 Å². The first-order valence-corrected chi connectivity index (χ1v) is 0. The van der Waals surface area contributed by atoms with Gasteiger partial charge in [-0.1, -0.05) is 0 Å². The minimum absolute atomic E-state index is 0. The first-order valence-electron chi connectivity index (χ1n) is 0. The first-order chi connectivity index (χ1) is 0. The quantitative estimate of drug-likeness (QED) is 0.306. The molecule has 0 aliphatic carbocycles. The third-order valence-electron chi connectivity index (χ3n) is 0. The zero-order valence-electron chi connectivity index (χ0n) is 0. The van der Waals surface area contributed by atoms with E-state index in [0.717, 1.165) is 0 Å². The molecule has 0 aromatic carbocycles. The molecule has 0 nitrogen and oxygen atoms in total. The molecule has 0 amide bonds. The van der Waals surface area contributed by atoms with Gasteiger partial charge in [-0.25, -0.2) is 0 Å². The van der Waals surface area contributed by atoms with Gasteiger partial charge in [-0.2, -0.15) is 0 Å². The molecule has 0 aliphatic rings. The van der Waals surface area contributed by atoms with Gasteiger partial charge < -0.3 is 0 Å². The molecule has 0 saturated heterocycles. The van der Waals surface area contributed by atoms with Gasteiger partial charge in [-0.3, -0.25) is 0 Å². The molecule has 0 bridgehead atoms. The van der Waals surface area contributed by atoms with Gasteiger partial charge in [-0.05, 0) is 0 Å². The van der Waals surface area contributed by atoms with E-state index in [2.05, 4.69) is 0 Å². The van der Waals surface area contributed by atoms with Gasteiger partial charge in [0.25, 0.3) is 0 Å². The number of rotatable bonds is 0. The van der Waals surface area contributed by atoms with Gasteiger partial charge in [0.1, 0.15) is 0 Å². The Bertz CT molecular complexity index is 5.51. The van der Waals surface area contributed by atoms with E-state index in [9.17, 15) is 0 Å². The van der Waals surface area contributed by atoms with Crippen molar-refractivity contribution in [3.8, 4) is 0 Å². The predicted molar refractivity (Wildman–Crippen MR) is 32.8 cm³/mol. The molecule has 0 atom stereocenters. The summed E-state index contributed by atoms with van der Waals surface area (Å²) in [7, 11) is 0. The summed E-state index contributed by atoms with van der Waals surface area (Å²) in [5, 5.41) is 0. The fourth-order valence-corrected chi connectivity index (χ4v) is 0. The summed E-state index contributed by atoms with van der Waals surface area (Å²) in [5.74, 6) is 0. The second kappa shape index (κ2) is 15.8. The van der Waals surface area contributed by atoms with Crippen molar-refractivity contribution in [1.82, 2.24) is 0 Å². The van der Waals surface area contributed by atoms with Crippen LogP contribution in [0.5, 0.6) is 0 Å². The van der Waals surface area contributed by atoms with Gasteiger partial charge in [0, 0.05) is 2.85 Å². The van der Waals surface area contributed by atoms with Gasteiger partial charge in [0.2, 0.25) is 0 Å². The fraction of sp³-hybridized carbons (Fsp3) is 0. The average Bonchev–Trinajstić information content (AvgIpc) is 0. The molecule has 4 heavy (non-hydrogen) atoms. The number of hydrogen-bond acceptors (Lipinski definition) is 0. The summed E-state index contributed by atoms with van der Waals surface area (Å²) < 4.78 is 0. The molecule has 4 heteroatoms. The molecule has 0 spiro atoms. The molecule has 0 rings (SSSR count). The van der Waals surface area contributed by atoms with Crippen LogP contribution in [-0.2, 0) is 0 Å². The van der Waals surface area contributed by atoms with Crippen LogP contribution in [-0.4, -0.2) is 118 Å². The van der Waals surface area contributed by atoms with Crippen LogP contribution >= 0.6 is 0 Å². The molecule has 0 unspecified atom stereocenters. The summed E-state index contributed by atoms with van der Waals surface area (Å²) in [6.07, 6.45) is 0. The third kappa shape index (κ3) is 9.38. The average molecular weight is 100 g/mol. The van der Waals surface area contributed by atoms with Crippen LogP contribution in [0.1, 0.15) is 2.85 Å². The van der Waals surface area contributed by atoms with E-state index in [1.165, 1.54) is 0 Å². The van der Waals surface area contributed by atoms with Crippen LogP contribution in [0.25, 0.3) is 0 Å². The van der Waals surface area contributed by atoms with Gasteiger partial charge >= 0.3 is 118 Å². The van der Waals surface area contributed by atoms with E-state index in [1.807, 2.05) is 0 Å². The zero-order chi connectivity index (χ0) is 0. The van der Waals surface area contributed by atoms with Crippen LogP contribution in [0.2, 0.25) is 0 Å². The molecule has 0 aromatic heterocycles. The molecule has 0 N–H and O–H groups in total. The number of hydrogen-bond donors (Lipinski definition) is 0. The summed E-state index contributed by atoms with van der Waals surface area (Å²) in [4.78, 5) is 0. The Morgan fingerprint density at radius 1 is 0.500 bits per heavy atom. The summed E-state index contributed by atoms with van der Waals surface area (Å²) in [5.41, 5.74) is 0. The van der Waals surface area contributed by atoms with Gasteiger partial charge in [0.05, 0.1) is 0 Å². The van der Waals surface area contributed by atoms with Crippen molar-refractivity contribution in [2.45, 2.75) is 0 Å². The summed E-state index contributed by atoms with van der Waals surface area (Å²) in [6.45, 7) is 0. The Kier molecular flexibility index (Phi) is 96.5. The van der Waals surface area contributed by atoms with Crippen LogP contribution in [0, 0.1) is 0 Å². The molecule has 0 heterocycles. The van der Waals surface area contributed by atoms with Crippen molar-refractivity contribution < 1.29 is 2.85 Å². The molecule has 12 valence electrons. The fourth-order valence-electron chi connectivity index (χ4n) is 0. The second-order valence-electron chi connectivity index (χ2n) is 0. The molecule has 0 saturated carbocycles. The maximum atomic E-state index is 0. The molecule has 0 fully saturated rings. The van der Waals surface area contributed by atoms with Crippen LogP contribution < -0.4 is 0 Å². The Morgan fingerprint density at radius 3 is 0.500 bits per heavy atom. The van der Waals surface area contributed by atoms with E-state index in [1.54, 1.807) is 0 Å². The molecule has 0 radical (unpaired) electrons. The molecule has 0 aliphatic heterocycles. The topological polar surface area (TPSA) is 0 Å². The first kappa shape index (κ1) is 24.5. The predicted octanol–water partition coefficient (Wildman–Crippen LogP) is -2.10. The van der Waals surface area contributed by atoms with E-state index in [0.29, 0.717) is 0 Å². The van der Waals surface area contributed by atoms with Gasteiger partial charge in [0.15, 0.2) is 0 Å². The van der Waals surface area contributed by atoms with E-state index in [4.69, 9.17) is 0 Å². The van der Waals surface area contributed by atoms with Gasteiger partial charge in [-0.15, -0.1) is 0 Å². The molecular weight excluding hydrogens is 92.0 g/mol. The zero-order valence-corrected chi connectivity index (χ0v) is 0. The second-order valence-corrected chi connectivity index (χ2v) is 0. The Balaban J connectivity index is 0. The van der Waals surface area contributed by atoms with Crippen molar-refractivity contribution in [1.29, 1.82) is 0 Å². The standard InChI is InChI=1S/4Na.2H2.4H/h;;;;2*1H;;;;. The normalized spacial score (nSPS) is 0. The van der Waals surface area contributed by atoms with Crippen molar-refractivity contribution in [3.05, 3.63) is 0 Å². The molecule has 0 aromatic rings. The van der Waals surface area contributed by atoms with Crippen molar-refractivity contribution in [2.24, 2.45) is 0 Å². The van der Waals surface area contributed by atoms with Crippen LogP contribution in [0.4, 0.5) is 0 Å². The third-order valence-corrected chi connectivity index (χ3v) is 0. The Hall–Kier alpha value is 4.00. The summed E-state index contributed by atoms with van der Waals surface area (Å²) >= 11 is 0.